The number of rotatable bonds is 10. The molecule has 0 saturated heterocycles. The van der Waals surface area contributed by atoms with Gasteiger partial charge >= 0.3 is 5.97 Å². The number of alkyl halides is 2. The van der Waals surface area contributed by atoms with E-state index in [4.69, 9.17) is 10.5 Å². The monoisotopic (exact) mass is 582 g/mol. The highest BCUT2D eigenvalue weighted by molar-refractivity contribution is 7.92. The predicted octanol–water partition coefficient (Wildman–Crippen LogP) is 4.82. The molecule has 0 aliphatic heterocycles. The standard InChI is InChI=1S/C26H28F2N4O5S.ClH/c1-15-5-3-6-16(2)23(15)21-11-22(37-14-19(29)9-17-12-26(27,28)13-17)31-25(30-21)32-38(35,36)20-8-4-7-18(10-20)24(33)34;/h3-8,10-11,17,19H,9,12-14,29H2,1-2H3,(H,33,34)(H,30,31,32);1H. The molecule has 0 radical (unpaired) electrons. The van der Waals surface area contributed by atoms with Crippen LogP contribution in [0.5, 0.6) is 5.88 Å². The molecule has 1 aromatic heterocycles. The van der Waals surface area contributed by atoms with E-state index < -0.39 is 28.0 Å². The van der Waals surface area contributed by atoms with Crippen LogP contribution < -0.4 is 15.2 Å². The van der Waals surface area contributed by atoms with E-state index in [-0.39, 0.29) is 60.1 Å². The molecule has 1 fully saturated rings. The third-order valence-corrected chi connectivity index (χ3v) is 7.64. The SMILES string of the molecule is Cc1cccc(C)c1-c1cc(OCC(N)CC2CC(F)(F)C2)nc(NS(=O)(=O)c2cccc(C(=O)O)c2)n1.Cl. The van der Waals surface area contributed by atoms with Crippen molar-refractivity contribution in [3.05, 3.63) is 65.2 Å². The summed E-state index contributed by atoms with van der Waals surface area (Å²) in [6, 6.07) is 11.6. The van der Waals surface area contributed by atoms with Crippen LogP contribution in [-0.4, -0.2) is 48.0 Å². The normalized spacial score (nSPS) is 15.5. The Labute approximate surface area is 231 Å². The zero-order valence-corrected chi connectivity index (χ0v) is 22.9. The first kappa shape index (κ1) is 30.2. The van der Waals surface area contributed by atoms with Crippen molar-refractivity contribution in [2.75, 3.05) is 11.3 Å². The number of nitrogens with two attached hydrogens (primary N) is 1. The van der Waals surface area contributed by atoms with Crippen molar-refractivity contribution in [3.8, 4) is 17.1 Å². The van der Waals surface area contributed by atoms with Crippen LogP contribution >= 0.6 is 12.4 Å². The first-order valence-corrected chi connectivity index (χ1v) is 13.4. The van der Waals surface area contributed by atoms with E-state index in [9.17, 15) is 27.1 Å². The maximum absolute atomic E-state index is 13.2. The van der Waals surface area contributed by atoms with Gasteiger partial charge in [-0.2, -0.15) is 4.98 Å². The lowest BCUT2D eigenvalue weighted by Gasteiger charge is -2.36. The molecule has 13 heteroatoms. The van der Waals surface area contributed by atoms with Gasteiger partial charge < -0.3 is 15.6 Å². The summed E-state index contributed by atoms with van der Waals surface area (Å²) >= 11 is 0. The van der Waals surface area contributed by atoms with Crippen molar-refractivity contribution in [1.82, 2.24) is 9.97 Å². The highest BCUT2D eigenvalue weighted by Crippen LogP contribution is 2.44. The van der Waals surface area contributed by atoms with E-state index in [1.54, 1.807) is 6.07 Å². The highest BCUT2D eigenvalue weighted by Gasteiger charge is 2.45. The minimum atomic E-state index is -4.25. The number of carboxylic acids is 1. The van der Waals surface area contributed by atoms with Gasteiger partial charge in [-0.3, -0.25) is 0 Å². The van der Waals surface area contributed by atoms with E-state index in [1.807, 2.05) is 32.0 Å². The Kier molecular flexibility index (Phi) is 9.14. The summed E-state index contributed by atoms with van der Waals surface area (Å²) in [5.74, 6) is -4.32. The van der Waals surface area contributed by atoms with Crippen LogP contribution in [0.1, 0.15) is 40.7 Å². The molecule has 0 amide bonds. The summed E-state index contributed by atoms with van der Waals surface area (Å²) in [6.45, 7) is 3.76. The molecule has 1 saturated carbocycles. The molecular formula is C26H29ClF2N4O5S. The molecule has 4 N–H and O–H groups in total. The number of nitrogens with zero attached hydrogens (tertiary/aromatic N) is 2. The maximum atomic E-state index is 13.2. The second-order valence-corrected chi connectivity index (χ2v) is 11.2. The minimum Gasteiger partial charge on any atom is -0.478 e. The Morgan fingerprint density at radius 1 is 1.15 bits per heavy atom. The van der Waals surface area contributed by atoms with E-state index in [2.05, 4.69) is 14.7 Å². The second kappa shape index (κ2) is 11.8. The fourth-order valence-corrected chi connectivity index (χ4v) is 5.50. The lowest BCUT2D eigenvalue weighted by atomic mass is 9.78. The molecule has 0 spiro atoms. The first-order valence-electron chi connectivity index (χ1n) is 11.9. The summed E-state index contributed by atoms with van der Waals surface area (Å²) in [4.78, 5) is 19.6. The van der Waals surface area contributed by atoms with Crippen LogP contribution in [0.15, 0.2) is 53.4 Å². The zero-order chi connectivity index (χ0) is 27.7. The molecule has 1 heterocycles. The molecule has 1 aliphatic carbocycles. The van der Waals surface area contributed by atoms with Gasteiger partial charge in [0.25, 0.3) is 10.0 Å². The summed E-state index contributed by atoms with van der Waals surface area (Å²) in [5.41, 5.74) is 8.84. The van der Waals surface area contributed by atoms with Gasteiger partial charge in [0.05, 0.1) is 16.2 Å². The number of sulfonamides is 1. The van der Waals surface area contributed by atoms with Gasteiger partial charge in [-0.15, -0.1) is 12.4 Å². The number of carbonyl (C=O) groups is 1. The van der Waals surface area contributed by atoms with Crippen LogP contribution in [0, 0.1) is 19.8 Å². The van der Waals surface area contributed by atoms with E-state index in [1.165, 1.54) is 18.2 Å². The molecule has 3 aromatic rings. The molecule has 1 unspecified atom stereocenters. The third-order valence-electron chi connectivity index (χ3n) is 6.31. The molecule has 4 rings (SSSR count). The van der Waals surface area contributed by atoms with E-state index in [0.29, 0.717) is 12.1 Å². The van der Waals surface area contributed by atoms with E-state index >= 15 is 0 Å². The van der Waals surface area contributed by atoms with Gasteiger partial charge in [0.2, 0.25) is 17.8 Å². The second-order valence-electron chi connectivity index (χ2n) is 9.56. The number of ether oxygens (including phenoxy) is 1. The molecule has 210 valence electrons. The molecular weight excluding hydrogens is 554 g/mol. The lowest BCUT2D eigenvalue weighted by Crippen LogP contribution is -2.40. The number of nitrogens with one attached hydrogen (secondary N) is 1. The summed E-state index contributed by atoms with van der Waals surface area (Å²) < 4.78 is 60.5. The average Bonchev–Trinajstić information content (AvgIpc) is 2.81. The van der Waals surface area contributed by atoms with Crippen LogP contribution in [0.2, 0.25) is 0 Å². The molecule has 39 heavy (non-hydrogen) atoms. The number of benzene rings is 2. The number of hydrogen-bond acceptors (Lipinski definition) is 7. The predicted molar refractivity (Wildman–Crippen MR) is 144 cm³/mol. The molecule has 1 aliphatic rings. The van der Waals surface area contributed by atoms with Crippen LogP contribution in [0.4, 0.5) is 14.7 Å². The smallest absolute Gasteiger partial charge is 0.335 e. The van der Waals surface area contributed by atoms with Crippen molar-refractivity contribution in [2.45, 2.75) is 50.0 Å². The van der Waals surface area contributed by atoms with Crippen molar-refractivity contribution in [2.24, 2.45) is 11.7 Å². The summed E-state index contributed by atoms with van der Waals surface area (Å²) in [5, 5.41) is 9.22. The van der Waals surface area contributed by atoms with Crippen LogP contribution in [-0.2, 0) is 10.0 Å². The molecule has 9 nitrogen and oxygen atoms in total. The number of carboxylic acid groups (broad SMARTS) is 1. The van der Waals surface area contributed by atoms with Crippen molar-refractivity contribution < 1.29 is 31.8 Å². The first-order chi connectivity index (χ1) is 17.8. The van der Waals surface area contributed by atoms with Crippen molar-refractivity contribution in [3.63, 3.8) is 0 Å². The molecule has 1 atom stereocenters. The number of aromatic carboxylic acids is 1. The number of halogens is 3. The largest absolute Gasteiger partial charge is 0.478 e. The number of aryl methyl sites for hydroxylation is 2. The van der Waals surface area contributed by atoms with Crippen LogP contribution in [0.3, 0.4) is 0 Å². The van der Waals surface area contributed by atoms with Crippen LogP contribution in [0.25, 0.3) is 11.3 Å². The third kappa shape index (κ3) is 7.40. The van der Waals surface area contributed by atoms with Gasteiger partial charge in [0.15, 0.2) is 0 Å². The Morgan fingerprint density at radius 3 is 2.41 bits per heavy atom. The number of aromatic nitrogens is 2. The number of hydrogen-bond donors (Lipinski definition) is 3. The zero-order valence-electron chi connectivity index (χ0n) is 21.2. The van der Waals surface area contributed by atoms with Gasteiger partial charge in [-0.05, 0) is 55.5 Å². The minimum absolute atomic E-state index is 0. The fourth-order valence-electron chi connectivity index (χ4n) is 4.51. The summed E-state index contributed by atoms with van der Waals surface area (Å²) in [7, 11) is -4.25. The summed E-state index contributed by atoms with van der Waals surface area (Å²) in [6.07, 6.45) is -0.0241. The van der Waals surface area contributed by atoms with E-state index in [0.717, 1.165) is 22.8 Å². The maximum Gasteiger partial charge on any atom is 0.335 e. The van der Waals surface area contributed by atoms with Gasteiger partial charge in [-0.25, -0.2) is 31.7 Å². The van der Waals surface area contributed by atoms with Crippen molar-refractivity contribution >= 4 is 34.3 Å². The van der Waals surface area contributed by atoms with Gasteiger partial charge in [-0.1, -0.05) is 24.3 Å². The average molecular weight is 583 g/mol. The van der Waals surface area contributed by atoms with Crippen molar-refractivity contribution in [1.29, 1.82) is 0 Å². The molecule has 0 bridgehead atoms. The lowest BCUT2D eigenvalue weighted by molar-refractivity contribution is -0.113. The Hall–Kier alpha value is -3.35. The van der Waals surface area contributed by atoms with Gasteiger partial charge in [0.1, 0.15) is 6.61 Å². The van der Waals surface area contributed by atoms with Gasteiger partial charge in [0, 0.05) is 30.5 Å². The topological polar surface area (TPSA) is 144 Å². The molecule has 2 aromatic carbocycles. The quantitative estimate of drug-likeness (QED) is 0.308. The highest BCUT2D eigenvalue weighted by atomic mass is 35.5. The fraction of sp³-hybridized carbons (Fsp3) is 0.346. The Balaban J connectivity index is 0.00000420. The Bertz CT molecular complexity index is 1440. The number of anilines is 1. The Morgan fingerprint density at radius 2 is 1.79 bits per heavy atom.